The third-order valence-electron chi connectivity index (χ3n) is 5.34. The molecule has 0 N–H and O–H groups in total. The molecule has 2 aliphatic rings. The SMILES string of the molecule is O=C(OCc1ccccc1)N1CCCN1C(=O)N1CCCN1C(=O)OCc1ccccc1. The summed E-state index contributed by atoms with van der Waals surface area (Å²) < 4.78 is 10.8. The van der Waals surface area contributed by atoms with Gasteiger partial charge in [-0.25, -0.2) is 34.4 Å². The molecular weight excluding hydrogens is 412 g/mol. The van der Waals surface area contributed by atoms with Gasteiger partial charge in [-0.1, -0.05) is 60.7 Å². The largest absolute Gasteiger partial charge is 0.443 e. The van der Waals surface area contributed by atoms with Crippen LogP contribution in [0.2, 0.25) is 0 Å². The van der Waals surface area contributed by atoms with Gasteiger partial charge in [-0.05, 0) is 24.0 Å². The fourth-order valence-corrected chi connectivity index (χ4v) is 3.72. The summed E-state index contributed by atoms with van der Waals surface area (Å²) in [5, 5.41) is 5.29. The second-order valence-electron chi connectivity index (χ2n) is 7.56. The average molecular weight is 438 g/mol. The van der Waals surface area contributed by atoms with Crippen LogP contribution in [0.4, 0.5) is 14.4 Å². The predicted octanol–water partition coefficient (Wildman–Crippen LogP) is 3.63. The Balaban J connectivity index is 1.35. The molecule has 2 saturated heterocycles. The van der Waals surface area contributed by atoms with Crippen LogP contribution in [0.5, 0.6) is 0 Å². The molecule has 2 fully saturated rings. The molecule has 32 heavy (non-hydrogen) atoms. The van der Waals surface area contributed by atoms with Gasteiger partial charge < -0.3 is 9.47 Å². The van der Waals surface area contributed by atoms with Crippen LogP contribution in [-0.4, -0.2) is 64.4 Å². The quantitative estimate of drug-likeness (QED) is 0.728. The van der Waals surface area contributed by atoms with Crippen LogP contribution < -0.4 is 0 Å². The van der Waals surface area contributed by atoms with Gasteiger partial charge >= 0.3 is 18.2 Å². The summed E-state index contributed by atoms with van der Waals surface area (Å²) in [7, 11) is 0. The van der Waals surface area contributed by atoms with E-state index >= 15 is 0 Å². The zero-order valence-corrected chi connectivity index (χ0v) is 17.8. The lowest BCUT2D eigenvalue weighted by molar-refractivity contribution is -0.0127. The maximum Gasteiger partial charge on any atom is 0.429 e. The van der Waals surface area contributed by atoms with Crippen LogP contribution >= 0.6 is 0 Å². The molecule has 168 valence electrons. The number of hydrazine groups is 2. The Labute approximate surface area is 186 Å². The van der Waals surface area contributed by atoms with Crippen molar-refractivity contribution in [3.8, 4) is 0 Å². The van der Waals surface area contributed by atoms with Crippen molar-refractivity contribution in [1.82, 2.24) is 20.0 Å². The Morgan fingerprint density at radius 3 is 1.38 bits per heavy atom. The smallest absolute Gasteiger partial charge is 0.429 e. The van der Waals surface area contributed by atoms with E-state index in [2.05, 4.69) is 0 Å². The van der Waals surface area contributed by atoms with Crippen LogP contribution in [0.15, 0.2) is 60.7 Å². The minimum Gasteiger partial charge on any atom is -0.443 e. The van der Waals surface area contributed by atoms with E-state index in [4.69, 9.17) is 9.47 Å². The molecule has 0 saturated carbocycles. The van der Waals surface area contributed by atoms with Crippen molar-refractivity contribution in [2.75, 3.05) is 26.2 Å². The second-order valence-corrected chi connectivity index (χ2v) is 7.56. The van der Waals surface area contributed by atoms with E-state index in [0.717, 1.165) is 11.1 Å². The first kappa shape index (κ1) is 21.5. The fraction of sp³-hybridized carbons (Fsp3) is 0.348. The van der Waals surface area contributed by atoms with Crippen molar-refractivity contribution in [3.63, 3.8) is 0 Å². The van der Waals surface area contributed by atoms with Gasteiger partial charge in [0.25, 0.3) is 0 Å². The molecule has 2 aliphatic heterocycles. The molecule has 9 heteroatoms. The number of rotatable bonds is 4. The number of carbonyl (C=O) groups excluding carboxylic acids is 3. The molecule has 0 atom stereocenters. The number of urea groups is 1. The highest BCUT2D eigenvalue weighted by Crippen LogP contribution is 2.20. The van der Waals surface area contributed by atoms with E-state index in [1.807, 2.05) is 60.7 Å². The molecule has 0 bridgehead atoms. The number of benzene rings is 2. The van der Waals surface area contributed by atoms with E-state index < -0.39 is 18.2 Å². The van der Waals surface area contributed by atoms with Crippen LogP contribution in [0.3, 0.4) is 0 Å². The molecule has 2 heterocycles. The van der Waals surface area contributed by atoms with Gasteiger partial charge in [0.15, 0.2) is 0 Å². The monoisotopic (exact) mass is 438 g/mol. The van der Waals surface area contributed by atoms with E-state index in [1.54, 1.807) is 0 Å². The highest BCUT2D eigenvalue weighted by Gasteiger charge is 2.40. The molecule has 2 aromatic carbocycles. The first-order chi connectivity index (χ1) is 15.6. The number of carbonyl (C=O) groups is 3. The van der Waals surface area contributed by atoms with Crippen molar-refractivity contribution in [2.24, 2.45) is 0 Å². The summed E-state index contributed by atoms with van der Waals surface area (Å²) in [6, 6.07) is 18.3. The van der Waals surface area contributed by atoms with Crippen molar-refractivity contribution in [1.29, 1.82) is 0 Å². The standard InChI is InChI=1S/C23H26N4O5/c28-21(24-13-7-15-26(24)22(29)31-17-19-9-3-1-4-10-19)25-14-8-16-27(25)23(30)32-18-20-11-5-2-6-12-20/h1-6,9-12H,7-8,13-18H2. The second kappa shape index (κ2) is 10.0. The number of hydrogen-bond donors (Lipinski definition) is 0. The zero-order chi connectivity index (χ0) is 22.3. The summed E-state index contributed by atoms with van der Waals surface area (Å²) in [5.41, 5.74) is 1.73. The van der Waals surface area contributed by atoms with Crippen LogP contribution in [0, 0.1) is 0 Å². The zero-order valence-electron chi connectivity index (χ0n) is 17.8. The van der Waals surface area contributed by atoms with E-state index in [9.17, 15) is 14.4 Å². The van der Waals surface area contributed by atoms with Crippen LogP contribution in [0.25, 0.3) is 0 Å². The molecular formula is C23H26N4O5. The number of nitrogens with zero attached hydrogens (tertiary/aromatic N) is 4. The predicted molar refractivity (Wildman–Crippen MR) is 115 cm³/mol. The van der Waals surface area contributed by atoms with Gasteiger partial charge in [0.1, 0.15) is 13.2 Å². The average Bonchev–Trinajstić information content (AvgIpc) is 3.52. The summed E-state index contributed by atoms with van der Waals surface area (Å²) in [4.78, 5) is 38.4. The molecule has 9 nitrogen and oxygen atoms in total. The molecule has 2 aromatic rings. The minimum absolute atomic E-state index is 0.125. The Morgan fingerprint density at radius 1 is 0.594 bits per heavy atom. The number of amides is 4. The van der Waals surface area contributed by atoms with E-state index in [0.29, 0.717) is 39.0 Å². The normalized spacial score (nSPS) is 15.8. The van der Waals surface area contributed by atoms with Gasteiger partial charge in [0.2, 0.25) is 0 Å². The summed E-state index contributed by atoms with van der Waals surface area (Å²) >= 11 is 0. The third kappa shape index (κ3) is 4.93. The van der Waals surface area contributed by atoms with Crippen molar-refractivity contribution in [2.45, 2.75) is 26.1 Å². The highest BCUT2D eigenvalue weighted by molar-refractivity contribution is 5.81. The lowest BCUT2D eigenvalue weighted by Gasteiger charge is -2.34. The summed E-state index contributed by atoms with van der Waals surface area (Å²) in [6.45, 7) is 1.77. The molecule has 4 rings (SSSR count). The van der Waals surface area contributed by atoms with E-state index in [-0.39, 0.29) is 13.2 Å². The van der Waals surface area contributed by atoms with Gasteiger partial charge in [-0.2, -0.15) is 0 Å². The lowest BCUT2D eigenvalue weighted by atomic mass is 10.2. The van der Waals surface area contributed by atoms with Crippen molar-refractivity contribution >= 4 is 18.2 Å². The number of ether oxygens (including phenoxy) is 2. The molecule has 4 amide bonds. The highest BCUT2D eigenvalue weighted by atomic mass is 16.6. The van der Waals surface area contributed by atoms with Crippen LogP contribution in [0.1, 0.15) is 24.0 Å². The summed E-state index contributed by atoms with van der Waals surface area (Å²) in [5.74, 6) is 0. The Kier molecular flexibility index (Phi) is 6.74. The molecule has 0 radical (unpaired) electrons. The van der Waals surface area contributed by atoms with E-state index in [1.165, 1.54) is 20.0 Å². The topological polar surface area (TPSA) is 82.6 Å². The van der Waals surface area contributed by atoms with Gasteiger partial charge in [0, 0.05) is 26.2 Å². The van der Waals surface area contributed by atoms with Gasteiger partial charge in [0.05, 0.1) is 0 Å². The maximum absolute atomic E-state index is 13.2. The van der Waals surface area contributed by atoms with Crippen LogP contribution in [-0.2, 0) is 22.7 Å². The lowest BCUT2D eigenvalue weighted by Crippen LogP contribution is -2.55. The first-order valence-corrected chi connectivity index (χ1v) is 10.7. The molecule has 0 aliphatic carbocycles. The summed E-state index contributed by atoms with van der Waals surface area (Å²) in [6.07, 6.45) is 0.103. The maximum atomic E-state index is 13.2. The van der Waals surface area contributed by atoms with Crippen molar-refractivity contribution in [3.05, 3.63) is 71.8 Å². The fourth-order valence-electron chi connectivity index (χ4n) is 3.72. The Hall–Kier alpha value is -3.75. The Bertz CT molecular complexity index is 864. The number of hydrogen-bond acceptors (Lipinski definition) is 5. The molecule has 0 unspecified atom stereocenters. The first-order valence-electron chi connectivity index (χ1n) is 10.7. The third-order valence-corrected chi connectivity index (χ3v) is 5.34. The molecule has 0 spiro atoms. The molecule has 0 aromatic heterocycles. The van der Waals surface area contributed by atoms with Crippen molar-refractivity contribution < 1.29 is 23.9 Å². The van der Waals surface area contributed by atoms with Gasteiger partial charge in [-0.15, -0.1) is 0 Å². The Morgan fingerprint density at radius 2 is 0.969 bits per heavy atom. The minimum atomic E-state index is -0.586. The van der Waals surface area contributed by atoms with Gasteiger partial charge in [-0.3, -0.25) is 0 Å².